The molecule has 0 heterocycles. The third-order valence-electron chi connectivity index (χ3n) is 0.602. The molecule has 2 atom stereocenters. The van der Waals surface area contributed by atoms with E-state index in [1.54, 1.807) is 6.92 Å². The van der Waals surface area contributed by atoms with E-state index in [0.717, 1.165) is 0 Å². The molecule has 0 fully saturated rings. The summed E-state index contributed by atoms with van der Waals surface area (Å²) >= 11 is 0. The minimum absolute atomic E-state index is 0.266. The lowest BCUT2D eigenvalue weighted by molar-refractivity contribution is 0.212. The first kappa shape index (κ1) is 7.98. The van der Waals surface area contributed by atoms with Gasteiger partial charge in [-0.05, 0) is 6.92 Å². The van der Waals surface area contributed by atoms with Gasteiger partial charge >= 0.3 is 8.25 Å². The second-order valence-corrected chi connectivity index (χ2v) is 2.08. The molecule has 5 heteroatoms. The average molecular weight is 138 g/mol. The van der Waals surface area contributed by atoms with Gasteiger partial charge < -0.3 is 5.73 Å². The van der Waals surface area contributed by atoms with Crippen molar-refractivity contribution >= 4 is 8.25 Å². The van der Waals surface area contributed by atoms with Crippen LogP contribution >= 0.6 is 8.25 Å². The van der Waals surface area contributed by atoms with E-state index in [0.29, 0.717) is 0 Å². The van der Waals surface area contributed by atoms with Crippen molar-refractivity contribution < 1.29 is 14.0 Å². The lowest BCUT2D eigenvalue weighted by Crippen LogP contribution is -2.16. The zero-order valence-electron chi connectivity index (χ0n) is 4.57. The molecule has 2 unspecified atom stereocenters. The summed E-state index contributed by atoms with van der Waals surface area (Å²) in [6, 6.07) is 0. The van der Waals surface area contributed by atoms with Crippen LogP contribution in [0.2, 0.25) is 0 Å². The smallest absolute Gasteiger partial charge is 0.328 e. The van der Waals surface area contributed by atoms with Crippen LogP contribution in [0.1, 0.15) is 6.92 Å². The van der Waals surface area contributed by atoms with Crippen LogP contribution < -0.4 is 5.73 Å². The molecule has 0 rings (SSSR count). The van der Waals surface area contributed by atoms with Gasteiger partial charge in [-0.25, -0.2) is 0 Å². The van der Waals surface area contributed by atoms with Crippen molar-refractivity contribution in [1.29, 1.82) is 0 Å². The van der Waals surface area contributed by atoms with Gasteiger partial charge in [-0.1, -0.05) is 0 Å². The lowest BCUT2D eigenvalue weighted by Gasteiger charge is -1.93. The second-order valence-electron chi connectivity index (χ2n) is 1.39. The van der Waals surface area contributed by atoms with Crippen LogP contribution in [-0.4, -0.2) is 17.5 Å². The Hall–Kier alpha value is -0.0200. The first-order valence-electron chi connectivity index (χ1n) is 2.19. The van der Waals surface area contributed by atoms with Gasteiger partial charge in [0.05, 0.1) is 0 Å². The maximum atomic E-state index is 9.84. The fraction of sp³-hybridized carbons (Fsp3) is 1.00. The maximum absolute atomic E-state index is 9.84. The summed E-state index contributed by atoms with van der Waals surface area (Å²) in [5.74, 6) is 0. The molecule has 0 aromatic carbocycles. The predicted octanol–water partition coefficient (Wildman–Crippen LogP) is -0.0001000. The van der Waals surface area contributed by atoms with Crippen LogP contribution in [0.5, 0.6) is 0 Å². The summed E-state index contributed by atoms with van der Waals surface area (Å²) in [5, 5.41) is 0. The van der Waals surface area contributed by atoms with E-state index in [2.05, 4.69) is 4.52 Å². The molecule has 0 radical (unpaired) electrons. The highest BCUT2D eigenvalue weighted by Gasteiger charge is 2.16. The molecule has 0 bridgehead atoms. The molecule has 8 heavy (non-hydrogen) atoms. The SMILES string of the molecule is CC(CN)O[P+](=O)O. The first-order valence-corrected chi connectivity index (χ1v) is 3.32. The van der Waals surface area contributed by atoms with Crippen LogP contribution in [0.25, 0.3) is 0 Å². The first-order chi connectivity index (χ1) is 3.66. The van der Waals surface area contributed by atoms with Crippen LogP contribution in [0, 0.1) is 0 Å². The van der Waals surface area contributed by atoms with E-state index in [4.69, 9.17) is 10.6 Å². The maximum Gasteiger partial charge on any atom is 0.695 e. The third kappa shape index (κ3) is 4.15. The Morgan fingerprint density at radius 2 is 2.50 bits per heavy atom. The van der Waals surface area contributed by atoms with E-state index < -0.39 is 8.25 Å². The van der Waals surface area contributed by atoms with Gasteiger partial charge in [-0.15, -0.1) is 9.42 Å². The monoisotopic (exact) mass is 138 g/mol. The van der Waals surface area contributed by atoms with Gasteiger partial charge in [0, 0.05) is 11.1 Å². The summed E-state index contributed by atoms with van der Waals surface area (Å²) in [5.41, 5.74) is 5.06. The molecule has 0 aliphatic heterocycles. The van der Waals surface area contributed by atoms with Crippen LogP contribution in [-0.2, 0) is 9.09 Å². The molecule has 48 valence electrons. The van der Waals surface area contributed by atoms with Crippen molar-refractivity contribution in [2.45, 2.75) is 13.0 Å². The molecule has 0 aliphatic rings. The lowest BCUT2D eigenvalue weighted by atomic mass is 10.4. The van der Waals surface area contributed by atoms with Gasteiger partial charge in [0.15, 0.2) is 0 Å². The Labute approximate surface area is 48.6 Å². The Balaban J connectivity index is 3.24. The van der Waals surface area contributed by atoms with Gasteiger partial charge in [-0.3, -0.25) is 0 Å². The summed E-state index contributed by atoms with van der Waals surface area (Å²) < 4.78 is 14.2. The molecule has 0 saturated carbocycles. The molecule has 0 aromatic rings. The summed E-state index contributed by atoms with van der Waals surface area (Å²) in [6.45, 7) is 1.89. The number of hydrogen-bond donors (Lipinski definition) is 2. The normalized spacial score (nSPS) is 15.6. The summed E-state index contributed by atoms with van der Waals surface area (Å²) in [4.78, 5) is 8.09. The number of nitrogens with two attached hydrogens (primary N) is 1. The minimum atomic E-state index is -2.48. The Bertz CT molecular complexity index is 86.6. The molecule has 4 nitrogen and oxygen atoms in total. The van der Waals surface area contributed by atoms with E-state index in [1.165, 1.54) is 0 Å². The zero-order valence-corrected chi connectivity index (χ0v) is 5.47. The van der Waals surface area contributed by atoms with Crippen LogP contribution in [0.15, 0.2) is 0 Å². The molecular weight excluding hydrogens is 129 g/mol. The molecule has 0 saturated heterocycles. The largest absolute Gasteiger partial charge is 0.695 e. The molecule has 3 N–H and O–H groups in total. The molecule has 0 aromatic heterocycles. The highest BCUT2D eigenvalue weighted by molar-refractivity contribution is 7.32. The molecule has 0 aliphatic carbocycles. The van der Waals surface area contributed by atoms with Gasteiger partial charge in [-0.2, -0.15) is 0 Å². The fourth-order valence-corrected chi connectivity index (χ4v) is 0.591. The zero-order chi connectivity index (χ0) is 6.57. The van der Waals surface area contributed by atoms with Crippen molar-refractivity contribution in [3.05, 3.63) is 0 Å². The predicted molar refractivity (Wildman–Crippen MR) is 29.4 cm³/mol. The third-order valence-corrected chi connectivity index (χ3v) is 1.14. The fourth-order valence-electron chi connectivity index (χ4n) is 0.197. The highest BCUT2D eigenvalue weighted by atomic mass is 31.1. The summed E-state index contributed by atoms with van der Waals surface area (Å²) in [7, 11) is -2.48. The van der Waals surface area contributed by atoms with Crippen molar-refractivity contribution in [1.82, 2.24) is 0 Å². The van der Waals surface area contributed by atoms with E-state index in [1.807, 2.05) is 0 Å². The van der Waals surface area contributed by atoms with Crippen LogP contribution in [0.3, 0.4) is 0 Å². The topological polar surface area (TPSA) is 72.5 Å². The van der Waals surface area contributed by atoms with Crippen molar-refractivity contribution in [2.24, 2.45) is 5.73 Å². The number of hydrogen-bond acceptors (Lipinski definition) is 3. The second kappa shape index (κ2) is 3.92. The molecule has 0 spiro atoms. The quantitative estimate of drug-likeness (QED) is 0.538. The summed E-state index contributed by atoms with van der Waals surface area (Å²) in [6.07, 6.45) is -0.330. The van der Waals surface area contributed by atoms with E-state index >= 15 is 0 Å². The minimum Gasteiger partial charge on any atom is -0.328 e. The van der Waals surface area contributed by atoms with Crippen molar-refractivity contribution in [2.75, 3.05) is 6.54 Å². The highest BCUT2D eigenvalue weighted by Crippen LogP contribution is 2.16. The van der Waals surface area contributed by atoms with Gasteiger partial charge in [0.2, 0.25) is 0 Å². The number of rotatable bonds is 3. The van der Waals surface area contributed by atoms with Gasteiger partial charge in [0.1, 0.15) is 6.10 Å². The van der Waals surface area contributed by atoms with Crippen molar-refractivity contribution in [3.8, 4) is 0 Å². The van der Waals surface area contributed by atoms with Gasteiger partial charge in [0.25, 0.3) is 0 Å². The Morgan fingerprint density at radius 1 is 2.00 bits per heavy atom. The van der Waals surface area contributed by atoms with E-state index in [-0.39, 0.29) is 12.6 Å². The molecule has 0 amide bonds. The Kier molecular flexibility index (Phi) is 3.91. The standard InChI is InChI=1S/C3H8NO3P/c1-3(2-4)7-8(5)6/h3H,2,4H2,1H3/p+1. The van der Waals surface area contributed by atoms with Crippen LogP contribution in [0.4, 0.5) is 0 Å². The van der Waals surface area contributed by atoms with E-state index in [9.17, 15) is 4.57 Å². The average Bonchev–Trinajstić information content (AvgIpc) is 1.65. The Morgan fingerprint density at radius 3 is 2.62 bits per heavy atom. The van der Waals surface area contributed by atoms with Crippen molar-refractivity contribution in [3.63, 3.8) is 0 Å². The molecular formula is C3H9NO3P+.